The second kappa shape index (κ2) is 8.58. The van der Waals surface area contributed by atoms with Gasteiger partial charge in [0.25, 0.3) is 0 Å². The summed E-state index contributed by atoms with van der Waals surface area (Å²) in [5.74, 6) is 1.80. The van der Waals surface area contributed by atoms with Gasteiger partial charge in [-0.2, -0.15) is 0 Å². The van der Waals surface area contributed by atoms with Crippen LogP contribution in [0, 0.1) is 6.92 Å². The number of hydrogen-bond donors (Lipinski definition) is 1. The summed E-state index contributed by atoms with van der Waals surface area (Å²) in [4.78, 5) is 19.2. The Morgan fingerprint density at radius 2 is 2.04 bits per heavy atom. The number of benzene rings is 1. The molecule has 0 aliphatic carbocycles. The maximum Gasteiger partial charge on any atom is 0.221 e. The van der Waals surface area contributed by atoms with E-state index in [1.807, 2.05) is 47.9 Å². The Morgan fingerprint density at radius 3 is 2.82 bits per heavy atom. The molecule has 0 spiro atoms. The van der Waals surface area contributed by atoms with E-state index in [-0.39, 0.29) is 11.9 Å². The number of hydrogen-bond acceptors (Lipinski definition) is 5. The molecule has 3 heterocycles. The van der Waals surface area contributed by atoms with Crippen LogP contribution in [-0.4, -0.2) is 53.2 Å². The van der Waals surface area contributed by atoms with Crippen molar-refractivity contribution in [3.05, 3.63) is 54.2 Å². The first-order chi connectivity index (χ1) is 13.7. The topological polar surface area (TPSA) is 72.5 Å². The standard InChI is InChI=1S/C21H26N4O3/c1-16-6-7-20(28-16)19(24-10-12-27-13-11-24)14-22-21(26)8-9-25-15-23-17-4-2-3-5-18(17)25/h2-7,15,19H,8-14H2,1H3,(H,22,26). The van der Waals surface area contributed by atoms with Crippen LogP contribution < -0.4 is 5.32 Å². The minimum absolute atomic E-state index is 0.0237. The number of aromatic nitrogens is 2. The minimum Gasteiger partial charge on any atom is -0.465 e. The predicted octanol–water partition coefficient (Wildman–Crippen LogP) is 2.52. The molecule has 3 aromatic rings. The van der Waals surface area contributed by atoms with Gasteiger partial charge in [0.2, 0.25) is 5.91 Å². The molecular formula is C21H26N4O3. The summed E-state index contributed by atoms with van der Waals surface area (Å²) in [6, 6.07) is 11.9. The summed E-state index contributed by atoms with van der Waals surface area (Å²) < 4.78 is 13.3. The fraction of sp³-hybridized carbons (Fsp3) is 0.429. The lowest BCUT2D eigenvalue weighted by atomic mass is 10.1. The fourth-order valence-electron chi connectivity index (χ4n) is 3.64. The van der Waals surface area contributed by atoms with Crippen LogP contribution in [0.3, 0.4) is 0 Å². The molecule has 1 aliphatic heterocycles. The lowest BCUT2D eigenvalue weighted by molar-refractivity contribution is -0.121. The zero-order valence-electron chi connectivity index (χ0n) is 16.1. The summed E-state index contributed by atoms with van der Waals surface area (Å²) in [6.45, 7) is 6.15. The third-order valence-corrected chi connectivity index (χ3v) is 5.18. The molecular weight excluding hydrogens is 356 g/mol. The number of nitrogens with one attached hydrogen (secondary N) is 1. The number of ether oxygens (including phenoxy) is 1. The lowest BCUT2D eigenvalue weighted by Gasteiger charge is -2.33. The number of carbonyl (C=O) groups is 1. The van der Waals surface area contributed by atoms with Crippen LogP contribution in [0.4, 0.5) is 0 Å². The van der Waals surface area contributed by atoms with Crippen molar-refractivity contribution in [1.29, 1.82) is 0 Å². The minimum atomic E-state index is 0.0237. The Balaban J connectivity index is 1.35. The monoisotopic (exact) mass is 382 g/mol. The van der Waals surface area contributed by atoms with Gasteiger partial charge in [-0.05, 0) is 31.2 Å². The number of furan rings is 1. The van der Waals surface area contributed by atoms with Gasteiger partial charge in [0.15, 0.2) is 0 Å². The highest BCUT2D eigenvalue weighted by molar-refractivity contribution is 5.77. The zero-order chi connectivity index (χ0) is 19.3. The van der Waals surface area contributed by atoms with Crippen LogP contribution in [0.15, 0.2) is 47.1 Å². The number of fused-ring (bicyclic) bond motifs is 1. The average molecular weight is 382 g/mol. The van der Waals surface area contributed by atoms with Crippen molar-refractivity contribution in [3.63, 3.8) is 0 Å². The van der Waals surface area contributed by atoms with E-state index in [1.54, 1.807) is 6.33 Å². The molecule has 1 N–H and O–H groups in total. The van der Waals surface area contributed by atoms with Crippen molar-refractivity contribution in [1.82, 2.24) is 19.8 Å². The molecule has 1 atom stereocenters. The van der Waals surface area contributed by atoms with E-state index in [4.69, 9.17) is 9.15 Å². The third-order valence-electron chi connectivity index (χ3n) is 5.18. The first kappa shape index (κ1) is 18.7. The number of morpholine rings is 1. The Bertz CT molecular complexity index is 927. The molecule has 1 aliphatic rings. The molecule has 28 heavy (non-hydrogen) atoms. The van der Waals surface area contributed by atoms with Crippen LogP contribution in [0.2, 0.25) is 0 Å². The summed E-state index contributed by atoms with van der Waals surface area (Å²) >= 11 is 0. The van der Waals surface area contributed by atoms with Crippen molar-refractivity contribution in [2.24, 2.45) is 0 Å². The van der Waals surface area contributed by atoms with Crippen molar-refractivity contribution >= 4 is 16.9 Å². The highest BCUT2D eigenvalue weighted by Crippen LogP contribution is 2.23. The molecule has 7 nitrogen and oxygen atoms in total. The Kier molecular flexibility index (Phi) is 5.73. The molecule has 1 unspecified atom stereocenters. The molecule has 1 amide bonds. The molecule has 4 rings (SSSR count). The van der Waals surface area contributed by atoms with Crippen LogP contribution in [-0.2, 0) is 16.1 Å². The summed E-state index contributed by atoms with van der Waals surface area (Å²) in [5, 5.41) is 3.08. The number of amides is 1. The molecule has 1 aromatic carbocycles. The summed E-state index contributed by atoms with van der Waals surface area (Å²) in [5.41, 5.74) is 2.00. The first-order valence-electron chi connectivity index (χ1n) is 9.75. The quantitative estimate of drug-likeness (QED) is 0.680. The highest BCUT2D eigenvalue weighted by Gasteiger charge is 2.25. The van der Waals surface area contributed by atoms with Crippen molar-refractivity contribution in [2.75, 3.05) is 32.8 Å². The van der Waals surface area contributed by atoms with Gasteiger partial charge in [0, 0.05) is 32.6 Å². The molecule has 1 saturated heterocycles. The van der Waals surface area contributed by atoms with Gasteiger partial charge in [-0.15, -0.1) is 0 Å². The van der Waals surface area contributed by atoms with Gasteiger partial charge in [0.05, 0.1) is 36.6 Å². The Labute approximate surface area is 164 Å². The molecule has 1 fully saturated rings. The van der Waals surface area contributed by atoms with Gasteiger partial charge in [-0.25, -0.2) is 4.98 Å². The maximum absolute atomic E-state index is 12.5. The predicted molar refractivity (Wildman–Crippen MR) is 106 cm³/mol. The number of rotatable bonds is 7. The SMILES string of the molecule is Cc1ccc(C(CNC(=O)CCn2cnc3ccccc32)N2CCOCC2)o1. The molecule has 7 heteroatoms. The van der Waals surface area contributed by atoms with E-state index in [1.165, 1.54) is 0 Å². The van der Waals surface area contributed by atoms with Gasteiger partial charge in [0.1, 0.15) is 11.5 Å². The Morgan fingerprint density at radius 1 is 1.21 bits per heavy atom. The normalized spacial score (nSPS) is 16.3. The van der Waals surface area contributed by atoms with E-state index in [0.717, 1.165) is 35.6 Å². The smallest absolute Gasteiger partial charge is 0.221 e. The molecule has 2 aromatic heterocycles. The number of carbonyl (C=O) groups excluding carboxylic acids is 1. The van der Waals surface area contributed by atoms with E-state index in [2.05, 4.69) is 15.2 Å². The first-order valence-corrected chi connectivity index (χ1v) is 9.75. The fourth-order valence-corrected chi connectivity index (χ4v) is 3.64. The van der Waals surface area contributed by atoms with Crippen molar-refractivity contribution in [2.45, 2.75) is 25.9 Å². The van der Waals surface area contributed by atoms with Crippen LogP contribution in [0.25, 0.3) is 11.0 Å². The Hall–Kier alpha value is -2.64. The highest BCUT2D eigenvalue weighted by atomic mass is 16.5. The average Bonchev–Trinajstić information content (AvgIpc) is 3.34. The summed E-state index contributed by atoms with van der Waals surface area (Å²) in [6.07, 6.45) is 2.20. The van der Waals surface area contributed by atoms with Crippen LogP contribution >= 0.6 is 0 Å². The van der Waals surface area contributed by atoms with E-state index < -0.39 is 0 Å². The van der Waals surface area contributed by atoms with E-state index >= 15 is 0 Å². The largest absolute Gasteiger partial charge is 0.465 e. The number of aryl methyl sites for hydroxylation is 2. The number of imidazole rings is 1. The lowest BCUT2D eigenvalue weighted by Crippen LogP contribution is -2.43. The van der Waals surface area contributed by atoms with Crippen molar-refractivity contribution in [3.8, 4) is 0 Å². The molecule has 0 saturated carbocycles. The van der Waals surface area contributed by atoms with Gasteiger partial charge < -0.3 is 19.0 Å². The zero-order valence-corrected chi connectivity index (χ0v) is 16.1. The number of para-hydroxylation sites is 2. The van der Waals surface area contributed by atoms with Gasteiger partial charge >= 0.3 is 0 Å². The van der Waals surface area contributed by atoms with Gasteiger partial charge in [-0.1, -0.05) is 12.1 Å². The van der Waals surface area contributed by atoms with E-state index in [0.29, 0.717) is 32.7 Å². The van der Waals surface area contributed by atoms with Gasteiger partial charge in [-0.3, -0.25) is 9.69 Å². The third kappa shape index (κ3) is 4.26. The molecule has 0 bridgehead atoms. The summed E-state index contributed by atoms with van der Waals surface area (Å²) in [7, 11) is 0. The number of nitrogens with zero attached hydrogens (tertiary/aromatic N) is 3. The molecule has 148 valence electrons. The van der Waals surface area contributed by atoms with E-state index in [9.17, 15) is 4.79 Å². The second-order valence-corrected chi connectivity index (χ2v) is 7.09. The maximum atomic E-state index is 12.5. The van der Waals surface area contributed by atoms with Crippen LogP contribution in [0.1, 0.15) is 24.0 Å². The van der Waals surface area contributed by atoms with Crippen LogP contribution in [0.5, 0.6) is 0 Å². The van der Waals surface area contributed by atoms with Crippen molar-refractivity contribution < 1.29 is 13.9 Å². The second-order valence-electron chi connectivity index (χ2n) is 7.09. The molecule has 0 radical (unpaired) electrons.